The minimum Gasteiger partial charge on any atom is -0.457 e. The number of likely N-dealkylation sites (N-methyl/N-ethyl adjacent to an activating group) is 2. The fourth-order valence-corrected chi connectivity index (χ4v) is 15.1. The third-order valence-corrected chi connectivity index (χ3v) is 18.6. The molecule has 4 aliphatic heterocycles. The van der Waals surface area contributed by atoms with Gasteiger partial charge in [-0.3, -0.25) is 19.5 Å². The van der Waals surface area contributed by atoms with Gasteiger partial charge in [0.25, 0.3) is 0 Å². The quantitative estimate of drug-likeness (QED) is 0.105. The molecule has 7 unspecified atom stereocenters. The second-order valence-corrected chi connectivity index (χ2v) is 23.2. The summed E-state index contributed by atoms with van der Waals surface area (Å²) in [7, 11) is 12.1. The minimum atomic E-state index is -1.22. The predicted molar refractivity (Wildman–Crippen MR) is 285 cm³/mol. The number of benzene rings is 4. The normalized spacial score (nSPS) is 31.3. The smallest absolute Gasteiger partial charge is 0.162 e. The molecule has 0 amide bonds. The number of Topliss-reactive ketones (excluding diaryl/α,β-unsaturated/α-hetero) is 1. The van der Waals surface area contributed by atoms with Gasteiger partial charge in [0, 0.05) is 109 Å². The van der Waals surface area contributed by atoms with E-state index in [4.69, 9.17) is 32.7 Å². The number of carbonyl (C=O) groups excluding carboxylic acids is 1. The van der Waals surface area contributed by atoms with Crippen molar-refractivity contribution in [2.45, 2.75) is 120 Å². The SMILES string of the molecule is CCC12C(=O)C34C5C[C@H](Cc6ccc(Cl)cc6)N(C)C3[C@@H](COC)NC4[C@H](C)N(Cc3ccc(Cl)cc3Oc3ccc(-c4cnc(CN(C)C)n4C)cc3)C1C[C@@H](Cc1cc(F)cc(F)c1F)C2N(C)[C@@H](C)CN5. The Morgan fingerprint density at radius 3 is 2.31 bits per heavy atom. The number of piperidine rings is 1. The summed E-state index contributed by atoms with van der Waals surface area (Å²) in [5, 5.41) is 9.42. The molecule has 4 saturated heterocycles. The molecule has 74 heavy (non-hydrogen) atoms. The van der Waals surface area contributed by atoms with Crippen LogP contribution in [0.4, 0.5) is 13.2 Å². The number of halogens is 5. The van der Waals surface area contributed by atoms with Crippen LogP contribution in [0.25, 0.3) is 11.3 Å². The third kappa shape index (κ3) is 9.01. The maximum Gasteiger partial charge on any atom is 0.162 e. The van der Waals surface area contributed by atoms with Crippen LogP contribution in [0.2, 0.25) is 10.0 Å². The predicted octanol–water partition coefficient (Wildman–Crippen LogP) is 9.42. The van der Waals surface area contributed by atoms with E-state index >= 15 is 18.0 Å². The Morgan fingerprint density at radius 2 is 1.61 bits per heavy atom. The van der Waals surface area contributed by atoms with Crippen molar-refractivity contribution in [1.29, 1.82) is 0 Å². The summed E-state index contributed by atoms with van der Waals surface area (Å²) in [6, 6.07) is 21.4. The lowest BCUT2D eigenvalue weighted by atomic mass is 9.54. The van der Waals surface area contributed by atoms with Crippen molar-refractivity contribution in [3.05, 3.63) is 135 Å². The molecule has 1 spiro atoms. The highest BCUT2D eigenvalue weighted by atomic mass is 35.5. The number of hydrogen-bond donors (Lipinski definition) is 2. The number of likely N-dealkylation sites (tertiary alicyclic amines) is 2. The largest absolute Gasteiger partial charge is 0.457 e. The average Bonchev–Trinajstić information content (AvgIpc) is 4.09. The first-order valence-electron chi connectivity index (χ1n) is 26.2. The molecule has 396 valence electrons. The Hall–Kier alpha value is -4.35. The van der Waals surface area contributed by atoms with Gasteiger partial charge in [-0.1, -0.05) is 48.3 Å². The van der Waals surface area contributed by atoms with E-state index < -0.39 is 34.3 Å². The molecule has 1 saturated carbocycles. The Kier molecular flexibility index (Phi) is 15.0. The number of ether oxygens (including phenoxy) is 2. The molecule has 1 aliphatic carbocycles. The number of methoxy groups -OCH3 is 1. The summed E-state index contributed by atoms with van der Waals surface area (Å²) in [4.78, 5) is 31.5. The van der Waals surface area contributed by atoms with Crippen LogP contribution in [-0.2, 0) is 42.5 Å². The van der Waals surface area contributed by atoms with Gasteiger partial charge in [-0.05, 0) is 146 Å². The lowest BCUT2D eigenvalue weighted by Gasteiger charge is -2.57. The summed E-state index contributed by atoms with van der Waals surface area (Å²) in [5.41, 5.74) is 2.01. The van der Waals surface area contributed by atoms with Gasteiger partial charge in [0.1, 0.15) is 23.1 Å². The Labute approximate surface area is 444 Å². The van der Waals surface area contributed by atoms with Crippen LogP contribution in [0.15, 0.2) is 85.1 Å². The van der Waals surface area contributed by atoms with Gasteiger partial charge in [-0.15, -0.1) is 0 Å². The fraction of sp³-hybridized carbons (Fsp3) is 0.517. The highest BCUT2D eigenvalue weighted by Gasteiger charge is 2.77. The first kappa shape index (κ1) is 53.1. The van der Waals surface area contributed by atoms with E-state index in [-0.39, 0.29) is 72.0 Å². The lowest BCUT2D eigenvalue weighted by Crippen LogP contribution is -2.73. The van der Waals surface area contributed by atoms with E-state index in [1.807, 2.05) is 81.9 Å². The average molecular weight is 1060 g/mol. The van der Waals surface area contributed by atoms with E-state index in [9.17, 15) is 0 Å². The number of aromatic nitrogens is 2. The van der Waals surface area contributed by atoms with Gasteiger partial charge in [-0.25, -0.2) is 18.2 Å². The Balaban J connectivity index is 1.11. The number of hydrogen-bond acceptors (Lipinski definition) is 10. The Bertz CT molecular complexity index is 2860. The molecule has 10 rings (SSSR count). The van der Waals surface area contributed by atoms with E-state index in [0.29, 0.717) is 73.1 Å². The topological polar surface area (TPSA) is 90.4 Å². The number of ketones is 1. The number of nitrogens with one attached hydrogen (secondary N) is 2. The van der Waals surface area contributed by atoms with Gasteiger partial charge >= 0.3 is 0 Å². The molecular weight excluding hydrogens is 985 g/mol. The van der Waals surface area contributed by atoms with Gasteiger partial charge in [0.15, 0.2) is 17.4 Å². The van der Waals surface area contributed by atoms with Gasteiger partial charge in [-0.2, -0.15) is 0 Å². The zero-order valence-electron chi connectivity index (χ0n) is 44.0. The van der Waals surface area contributed by atoms with Crippen molar-refractivity contribution < 1.29 is 27.4 Å². The summed E-state index contributed by atoms with van der Waals surface area (Å²) < 4.78 is 61.3. The summed E-state index contributed by atoms with van der Waals surface area (Å²) in [6.07, 6.45) is 4.40. The molecule has 2 bridgehead atoms. The van der Waals surface area contributed by atoms with Crippen molar-refractivity contribution in [1.82, 2.24) is 39.8 Å². The van der Waals surface area contributed by atoms with E-state index in [0.717, 1.165) is 35.1 Å². The van der Waals surface area contributed by atoms with Gasteiger partial charge in [0.05, 0.1) is 35.9 Å². The summed E-state index contributed by atoms with van der Waals surface area (Å²) >= 11 is 13.2. The highest BCUT2D eigenvalue weighted by molar-refractivity contribution is 6.31. The monoisotopic (exact) mass is 1050 g/mol. The third-order valence-electron chi connectivity index (χ3n) is 18.2. The van der Waals surface area contributed by atoms with E-state index in [1.54, 1.807) is 7.11 Å². The lowest BCUT2D eigenvalue weighted by molar-refractivity contribution is -0.154. The first-order chi connectivity index (χ1) is 35.4. The maximum absolute atomic E-state index is 17.4. The van der Waals surface area contributed by atoms with Crippen molar-refractivity contribution in [3.63, 3.8) is 0 Å². The van der Waals surface area contributed by atoms with Crippen molar-refractivity contribution >= 4 is 29.0 Å². The van der Waals surface area contributed by atoms with E-state index in [2.05, 4.69) is 86.8 Å². The molecule has 4 aromatic carbocycles. The molecular formula is C58H71Cl2F3N8O3. The molecule has 5 fully saturated rings. The van der Waals surface area contributed by atoms with Gasteiger partial charge < -0.3 is 29.6 Å². The van der Waals surface area contributed by atoms with Crippen molar-refractivity contribution in [2.75, 3.05) is 48.5 Å². The van der Waals surface area contributed by atoms with Gasteiger partial charge in [0.2, 0.25) is 0 Å². The first-order valence-corrected chi connectivity index (χ1v) is 27.0. The molecule has 0 radical (unpaired) electrons. The Morgan fingerprint density at radius 1 is 0.878 bits per heavy atom. The van der Waals surface area contributed by atoms with Crippen molar-refractivity contribution in [2.24, 2.45) is 23.8 Å². The van der Waals surface area contributed by atoms with Crippen molar-refractivity contribution in [3.8, 4) is 22.8 Å². The second-order valence-electron chi connectivity index (χ2n) is 22.3. The van der Waals surface area contributed by atoms with Crippen LogP contribution in [0.1, 0.15) is 62.5 Å². The summed E-state index contributed by atoms with van der Waals surface area (Å²) in [5.74, 6) is -1.08. The van der Waals surface area contributed by atoms with Crippen LogP contribution in [0.5, 0.6) is 11.5 Å². The number of rotatable bonds is 14. The number of nitrogens with zero attached hydrogens (tertiary/aromatic N) is 6. The summed E-state index contributed by atoms with van der Waals surface area (Å²) in [6.45, 7) is 8.66. The second kappa shape index (κ2) is 20.9. The molecule has 1 aromatic heterocycles. The highest BCUT2D eigenvalue weighted by Crippen LogP contribution is 2.63. The molecule has 11 nitrogen and oxygen atoms in total. The zero-order chi connectivity index (χ0) is 52.5. The van der Waals surface area contributed by atoms with Crippen LogP contribution in [0.3, 0.4) is 0 Å². The minimum absolute atomic E-state index is 0.0185. The molecule has 12 atom stereocenters. The van der Waals surface area contributed by atoms with Crippen LogP contribution < -0.4 is 15.4 Å². The molecule has 5 aliphatic rings. The fourth-order valence-electron chi connectivity index (χ4n) is 14.8. The molecule has 16 heteroatoms. The molecule has 5 heterocycles. The number of imidazole rings is 1. The zero-order valence-corrected chi connectivity index (χ0v) is 45.5. The van der Waals surface area contributed by atoms with Crippen LogP contribution in [0, 0.1) is 34.2 Å². The van der Waals surface area contributed by atoms with Crippen LogP contribution in [-0.4, -0.2) is 138 Å². The number of carbonyl (C=O) groups is 1. The standard InChI is InChI=1S/C58H71Cl2F3N8O3/c1-10-57-50-24-39(22-38-23-42(61)26-45(62)52(38)63)54(57)68(6)33(2)28-64-49-27-43(21-35-11-16-40(59)17-12-35)69(7)55-46(32-73-9)66-53(58(49,55)56(57)72)34(3)71(50)30-37-13-18-41(60)25-48(37)74-44-19-14-36(15-20-44)47-29-65-51(70(47)8)31-67(4)5/h11-20,23,25-26,29,33-34,39,43,46,49-50,53-55,64,66H,10,21-22,24,27-28,30-32H2,1-9H3/t33-,34-,39+,43-,46+,49?,50?,53?,54?,55?,57?,58?/m0/s1. The molecule has 5 aromatic rings. The molecule has 2 N–H and O–H groups in total. The maximum atomic E-state index is 17.4. The van der Waals surface area contributed by atoms with Crippen LogP contribution >= 0.6 is 23.2 Å². The van der Waals surface area contributed by atoms with E-state index in [1.165, 1.54) is 5.56 Å².